The van der Waals surface area contributed by atoms with Crippen molar-refractivity contribution in [3.63, 3.8) is 0 Å². The van der Waals surface area contributed by atoms with Gasteiger partial charge in [-0.3, -0.25) is 0 Å². The highest BCUT2D eigenvalue weighted by molar-refractivity contribution is 6.44. The predicted molar refractivity (Wildman–Crippen MR) is 36.3 cm³/mol. The number of allylic oxidation sites excluding steroid dienone is 1. The summed E-state index contributed by atoms with van der Waals surface area (Å²) in [6, 6.07) is 0. The van der Waals surface area contributed by atoms with Crippen molar-refractivity contribution in [2.45, 2.75) is 11.3 Å². The topological polar surface area (TPSA) is 20.2 Å². The molecule has 48 valence electrons. The zero-order chi connectivity index (χ0) is 6.41. The molecular weight excluding hydrogens is 147 g/mol. The normalized spacial score (nSPS) is 11.5. The first-order chi connectivity index (χ1) is 3.77. The number of aliphatic hydroxyl groups is 1. The van der Waals surface area contributed by atoms with Gasteiger partial charge in [0.25, 0.3) is 0 Å². The highest BCUT2D eigenvalue weighted by Gasteiger charge is 1.90. The molecule has 0 aliphatic carbocycles. The van der Waals surface area contributed by atoms with E-state index in [1.54, 1.807) is 12.2 Å². The number of alkyl halides is 2. The molecule has 0 aromatic rings. The number of hydrogen-bond donors (Lipinski definition) is 1. The van der Waals surface area contributed by atoms with Crippen molar-refractivity contribution in [1.82, 2.24) is 0 Å². The van der Waals surface area contributed by atoms with Crippen molar-refractivity contribution in [3.8, 4) is 0 Å². The molecule has 3 heteroatoms. The molecule has 0 spiro atoms. The maximum atomic E-state index is 8.21. The first-order valence-electron chi connectivity index (χ1n) is 2.31. The van der Waals surface area contributed by atoms with Crippen molar-refractivity contribution in [2.75, 3.05) is 6.61 Å². The molecule has 1 nitrogen and oxygen atoms in total. The fraction of sp³-hybridized carbons (Fsp3) is 0.600. The Morgan fingerprint density at radius 3 is 2.38 bits per heavy atom. The summed E-state index contributed by atoms with van der Waals surface area (Å²) >= 11 is 10.7. The SMILES string of the molecule is OC/C=C/CC(Cl)Cl. The smallest absolute Gasteiger partial charge is 0.111 e. The Labute approximate surface area is 58.9 Å². The number of hydrogen-bond acceptors (Lipinski definition) is 1. The molecule has 0 fully saturated rings. The quantitative estimate of drug-likeness (QED) is 0.486. The van der Waals surface area contributed by atoms with Gasteiger partial charge in [-0.15, -0.1) is 23.2 Å². The van der Waals surface area contributed by atoms with E-state index >= 15 is 0 Å². The van der Waals surface area contributed by atoms with Crippen LogP contribution in [0.15, 0.2) is 12.2 Å². The van der Waals surface area contributed by atoms with Crippen LogP contribution in [0.3, 0.4) is 0 Å². The second kappa shape index (κ2) is 5.42. The Bertz CT molecular complexity index is 70.8. The monoisotopic (exact) mass is 154 g/mol. The Morgan fingerprint density at radius 2 is 2.00 bits per heavy atom. The molecule has 0 rings (SSSR count). The molecule has 0 amide bonds. The van der Waals surface area contributed by atoms with Crippen molar-refractivity contribution in [2.24, 2.45) is 0 Å². The molecule has 0 unspecified atom stereocenters. The zero-order valence-electron chi connectivity index (χ0n) is 4.35. The molecule has 0 saturated carbocycles. The molecule has 0 bridgehead atoms. The molecule has 0 aliphatic heterocycles. The van der Waals surface area contributed by atoms with E-state index in [1.807, 2.05) is 0 Å². The molecule has 0 atom stereocenters. The van der Waals surface area contributed by atoms with E-state index in [2.05, 4.69) is 0 Å². The third-order valence-electron chi connectivity index (χ3n) is 0.586. The van der Waals surface area contributed by atoms with Gasteiger partial charge < -0.3 is 5.11 Å². The Kier molecular flexibility index (Phi) is 5.61. The fourth-order valence-electron chi connectivity index (χ4n) is 0.274. The summed E-state index contributed by atoms with van der Waals surface area (Å²) in [4.78, 5) is -0.349. The van der Waals surface area contributed by atoms with Crippen LogP contribution in [0.1, 0.15) is 6.42 Å². The zero-order valence-corrected chi connectivity index (χ0v) is 5.86. The Balaban J connectivity index is 3.03. The van der Waals surface area contributed by atoms with E-state index in [0.717, 1.165) is 0 Å². The predicted octanol–water partition coefficient (Wildman–Crippen LogP) is 1.73. The summed E-state index contributed by atoms with van der Waals surface area (Å²) in [6.45, 7) is 0.0560. The lowest BCUT2D eigenvalue weighted by Crippen LogP contribution is -1.81. The highest BCUT2D eigenvalue weighted by Crippen LogP contribution is 2.06. The van der Waals surface area contributed by atoms with Crippen LogP contribution in [0.4, 0.5) is 0 Å². The minimum atomic E-state index is -0.349. The Hall–Kier alpha value is 0.280. The van der Waals surface area contributed by atoms with Crippen LogP contribution in [0, 0.1) is 0 Å². The number of aliphatic hydroxyl groups excluding tert-OH is 1. The van der Waals surface area contributed by atoms with Crippen molar-refractivity contribution < 1.29 is 5.11 Å². The van der Waals surface area contributed by atoms with Gasteiger partial charge in [0.1, 0.15) is 4.84 Å². The average molecular weight is 155 g/mol. The second-order valence-corrected chi connectivity index (χ2v) is 2.56. The van der Waals surface area contributed by atoms with Gasteiger partial charge >= 0.3 is 0 Å². The van der Waals surface area contributed by atoms with Crippen LogP contribution in [0.25, 0.3) is 0 Å². The van der Waals surface area contributed by atoms with E-state index < -0.39 is 0 Å². The standard InChI is InChI=1S/C5H8Cl2O/c6-5(7)3-1-2-4-8/h1-2,5,8H,3-4H2/b2-1+. The van der Waals surface area contributed by atoms with Gasteiger partial charge in [-0.1, -0.05) is 12.2 Å². The molecule has 0 aliphatic rings. The van der Waals surface area contributed by atoms with Gasteiger partial charge in [0.2, 0.25) is 0 Å². The van der Waals surface area contributed by atoms with Crippen LogP contribution in [-0.2, 0) is 0 Å². The number of rotatable bonds is 3. The largest absolute Gasteiger partial charge is 0.392 e. The van der Waals surface area contributed by atoms with Gasteiger partial charge in [0.05, 0.1) is 6.61 Å². The molecule has 1 N–H and O–H groups in total. The van der Waals surface area contributed by atoms with Gasteiger partial charge in [-0.05, 0) is 6.42 Å². The molecule has 8 heavy (non-hydrogen) atoms. The summed E-state index contributed by atoms with van der Waals surface area (Å²) in [6.07, 6.45) is 3.95. The fourth-order valence-corrected chi connectivity index (χ4v) is 0.479. The summed E-state index contributed by atoms with van der Waals surface area (Å²) < 4.78 is 0. The second-order valence-electron chi connectivity index (χ2n) is 1.28. The molecule has 0 radical (unpaired) electrons. The highest BCUT2D eigenvalue weighted by atomic mass is 35.5. The number of halogens is 2. The van der Waals surface area contributed by atoms with E-state index in [1.165, 1.54) is 0 Å². The van der Waals surface area contributed by atoms with Crippen molar-refractivity contribution >= 4 is 23.2 Å². The van der Waals surface area contributed by atoms with Crippen LogP contribution >= 0.6 is 23.2 Å². The Morgan fingerprint density at radius 1 is 1.38 bits per heavy atom. The van der Waals surface area contributed by atoms with Crippen molar-refractivity contribution in [3.05, 3.63) is 12.2 Å². The van der Waals surface area contributed by atoms with Gasteiger partial charge in [-0.25, -0.2) is 0 Å². The summed E-state index contributed by atoms with van der Waals surface area (Å²) in [7, 11) is 0. The molecule has 0 saturated heterocycles. The minimum absolute atomic E-state index is 0.0560. The molecule has 0 aromatic heterocycles. The van der Waals surface area contributed by atoms with Gasteiger partial charge in [-0.2, -0.15) is 0 Å². The van der Waals surface area contributed by atoms with Crippen LogP contribution < -0.4 is 0 Å². The lowest BCUT2D eigenvalue weighted by Gasteiger charge is -1.89. The van der Waals surface area contributed by atoms with Crippen LogP contribution in [-0.4, -0.2) is 16.5 Å². The maximum Gasteiger partial charge on any atom is 0.111 e. The van der Waals surface area contributed by atoms with Gasteiger partial charge in [0.15, 0.2) is 0 Å². The van der Waals surface area contributed by atoms with Gasteiger partial charge in [0, 0.05) is 0 Å². The molecule has 0 aromatic carbocycles. The summed E-state index contributed by atoms with van der Waals surface area (Å²) in [5.74, 6) is 0. The van der Waals surface area contributed by atoms with E-state index in [9.17, 15) is 0 Å². The first kappa shape index (κ1) is 8.28. The third-order valence-corrected chi connectivity index (χ3v) is 0.943. The summed E-state index contributed by atoms with van der Waals surface area (Å²) in [5.41, 5.74) is 0. The lowest BCUT2D eigenvalue weighted by molar-refractivity contribution is 0.342. The lowest BCUT2D eigenvalue weighted by atomic mass is 10.4. The van der Waals surface area contributed by atoms with Crippen molar-refractivity contribution in [1.29, 1.82) is 0 Å². The molecular formula is C5H8Cl2O. The first-order valence-corrected chi connectivity index (χ1v) is 3.18. The van der Waals surface area contributed by atoms with Crippen LogP contribution in [0.5, 0.6) is 0 Å². The summed E-state index contributed by atoms with van der Waals surface area (Å²) in [5, 5.41) is 8.21. The molecule has 0 heterocycles. The van der Waals surface area contributed by atoms with E-state index in [-0.39, 0.29) is 11.4 Å². The van der Waals surface area contributed by atoms with Crippen LogP contribution in [0.2, 0.25) is 0 Å². The van der Waals surface area contributed by atoms with E-state index in [0.29, 0.717) is 6.42 Å². The third kappa shape index (κ3) is 6.28. The van der Waals surface area contributed by atoms with E-state index in [4.69, 9.17) is 28.3 Å². The maximum absolute atomic E-state index is 8.21. The average Bonchev–Trinajstić information content (AvgIpc) is 1.66. The minimum Gasteiger partial charge on any atom is -0.392 e.